The Morgan fingerprint density at radius 3 is 2.66 bits per heavy atom. The number of nitrogens with one attached hydrogen (secondary N) is 1. The van der Waals surface area contributed by atoms with E-state index in [0.717, 1.165) is 22.1 Å². The molecule has 1 aliphatic heterocycles. The van der Waals surface area contributed by atoms with Crippen LogP contribution in [0.4, 0.5) is 4.39 Å². The molecule has 0 aliphatic carbocycles. The van der Waals surface area contributed by atoms with E-state index >= 15 is 0 Å². The third-order valence-corrected chi connectivity index (χ3v) is 5.63. The van der Waals surface area contributed by atoms with Gasteiger partial charge in [0.25, 0.3) is 11.5 Å². The number of nitrogens with zero attached hydrogens (tertiary/aromatic N) is 3. The van der Waals surface area contributed by atoms with Crippen molar-refractivity contribution in [2.45, 2.75) is 25.5 Å². The summed E-state index contributed by atoms with van der Waals surface area (Å²) >= 11 is 0. The third-order valence-electron chi connectivity index (χ3n) is 5.63. The number of amides is 1. The molecule has 1 N–H and O–H groups in total. The Balaban J connectivity index is 1.80. The number of halogens is 1. The Hall–Kier alpha value is -3.99. The number of hydrogen-bond donors (Lipinski definition) is 1. The fraction of sp³-hybridized carbons (Fsp3) is 0.333. The van der Waals surface area contributed by atoms with Gasteiger partial charge in [-0.1, -0.05) is 12.1 Å². The maximum atomic E-state index is 13.7. The van der Waals surface area contributed by atoms with Gasteiger partial charge in [-0.3, -0.25) is 14.2 Å². The molecule has 1 saturated heterocycles. The number of rotatable bonds is 8. The minimum absolute atomic E-state index is 0.148. The van der Waals surface area contributed by atoms with Crippen molar-refractivity contribution in [1.82, 2.24) is 19.7 Å². The summed E-state index contributed by atoms with van der Waals surface area (Å²) in [6.07, 6.45) is 1.54. The van der Waals surface area contributed by atoms with E-state index in [1.54, 1.807) is 18.2 Å². The van der Waals surface area contributed by atoms with Crippen LogP contribution in [0.5, 0.6) is 11.5 Å². The molecule has 35 heavy (non-hydrogen) atoms. The predicted octanol–water partition coefficient (Wildman–Crippen LogP) is 1.51. The van der Waals surface area contributed by atoms with Crippen LogP contribution in [0, 0.1) is 5.82 Å². The molecule has 1 amide bonds. The molecule has 1 aliphatic rings. The lowest BCUT2D eigenvalue weighted by Crippen LogP contribution is -2.46. The van der Waals surface area contributed by atoms with E-state index in [-0.39, 0.29) is 24.9 Å². The molecule has 1 fully saturated rings. The van der Waals surface area contributed by atoms with E-state index in [9.17, 15) is 18.8 Å². The highest BCUT2D eigenvalue weighted by molar-refractivity contribution is 5.91. The van der Waals surface area contributed by atoms with Gasteiger partial charge in [-0.25, -0.2) is 9.18 Å². The quantitative estimate of drug-likeness (QED) is 0.516. The molecular weight excluding hydrogens is 459 g/mol. The molecule has 3 aromatic rings. The van der Waals surface area contributed by atoms with Gasteiger partial charge in [0.05, 0.1) is 32.6 Å². The lowest BCUT2D eigenvalue weighted by molar-refractivity contribution is 0.0849. The van der Waals surface area contributed by atoms with Crippen molar-refractivity contribution in [3.63, 3.8) is 0 Å². The van der Waals surface area contributed by atoms with Crippen LogP contribution in [0.25, 0.3) is 5.69 Å². The number of ether oxygens (including phenoxy) is 3. The summed E-state index contributed by atoms with van der Waals surface area (Å²) < 4.78 is 31.6. The highest BCUT2D eigenvalue weighted by Crippen LogP contribution is 2.28. The molecule has 2 heterocycles. The summed E-state index contributed by atoms with van der Waals surface area (Å²) in [5.74, 6) is -0.509. The average molecular weight is 484 g/mol. The maximum absolute atomic E-state index is 13.7. The highest BCUT2D eigenvalue weighted by atomic mass is 19.1. The lowest BCUT2D eigenvalue weighted by atomic mass is 10.2. The second-order valence-electron chi connectivity index (χ2n) is 7.95. The van der Waals surface area contributed by atoms with Crippen LogP contribution in [0.1, 0.15) is 28.9 Å². The Labute approximate surface area is 199 Å². The molecule has 0 bridgehead atoms. The van der Waals surface area contributed by atoms with E-state index in [1.165, 1.54) is 38.5 Å². The van der Waals surface area contributed by atoms with Crippen LogP contribution < -0.4 is 26.0 Å². The molecule has 184 valence electrons. The van der Waals surface area contributed by atoms with Gasteiger partial charge < -0.3 is 19.5 Å². The molecule has 0 spiro atoms. The lowest BCUT2D eigenvalue weighted by Gasteiger charge is -2.15. The van der Waals surface area contributed by atoms with Crippen molar-refractivity contribution in [3.8, 4) is 17.2 Å². The van der Waals surface area contributed by atoms with Crippen LogP contribution in [0.3, 0.4) is 0 Å². The molecule has 1 aromatic heterocycles. The number of benzene rings is 2. The van der Waals surface area contributed by atoms with Gasteiger partial charge in [0, 0.05) is 19.2 Å². The summed E-state index contributed by atoms with van der Waals surface area (Å²) in [7, 11) is 2.91. The molecule has 10 nitrogen and oxygen atoms in total. The largest absolute Gasteiger partial charge is 0.493 e. The molecular formula is C24H25FN4O6. The van der Waals surface area contributed by atoms with Crippen molar-refractivity contribution >= 4 is 5.91 Å². The van der Waals surface area contributed by atoms with Gasteiger partial charge in [0.1, 0.15) is 5.82 Å². The zero-order valence-corrected chi connectivity index (χ0v) is 19.3. The molecule has 4 rings (SSSR count). The first kappa shape index (κ1) is 24.1. The van der Waals surface area contributed by atoms with E-state index in [2.05, 4.69) is 10.4 Å². The van der Waals surface area contributed by atoms with Crippen molar-refractivity contribution in [1.29, 1.82) is 0 Å². The van der Waals surface area contributed by atoms with Crippen LogP contribution in [-0.4, -0.2) is 53.7 Å². The van der Waals surface area contributed by atoms with Gasteiger partial charge in [-0.2, -0.15) is 9.78 Å². The zero-order chi connectivity index (χ0) is 24.9. The monoisotopic (exact) mass is 484 g/mol. The van der Waals surface area contributed by atoms with Crippen molar-refractivity contribution in [2.24, 2.45) is 0 Å². The minimum Gasteiger partial charge on any atom is -0.493 e. The van der Waals surface area contributed by atoms with E-state index in [1.807, 2.05) is 0 Å². The molecule has 11 heteroatoms. The average Bonchev–Trinajstić information content (AvgIpc) is 3.38. The fourth-order valence-electron chi connectivity index (χ4n) is 3.83. The molecule has 0 saturated carbocycles. The minimum atomic E-state index is -0.888. The van der Waals surface area contributed by atoms with Crippen molar-refractivity contribution < 1.29 is 23.4 Å². The second kappa shape index (κ2) is 10.5. The molecule has 1 unspecified atom stereocenters. The Morgan fingerprint density at radius 1 is 1.17 bits per heavy atom. The Bertz CT molecular complexity index is 1350. The van der Waals surface area contributed by atoms with Gasteiger partial charge in [0.15, 0.2) is 11.5 Å². The SMILES string of the molecule is COc1ccc(-n2nc(C(=O)NCC3CCCO3)c(=O)n(Cc3cccc(F)c3)c2=O)cc1OC. The Morgan fingerprint density at radius 2 is 1.97 bits per heavy atom. The molecule has 1 atom stereocenters. The summed E-state index contributed by atoms with van der Waals surface area (Å²) in [4.78, 5) is 39.4. The van der Waals surface area contributed by atoms with Crippen LogP contribution in [-0.2, 0) is 11.3 Å². The third kappa shape index (κ3) is 5.24. The maximum Gasteiger partial charge on any atom is 0.352 e. The Kier molecular flexibility index (Phi) is 7.25. The number of carbonyl (C=O) groups excluding carboxylic acids is 1. The molecule has 0 radical (unpaired) electrons. The van der Waals surface area contributed by atoms with Crippen molar-refractivity contribution in [2.75, 3.05) is 27.4 Å². The fourth-order valence-corrected chi connectivity index (χ4v) is 3.83. The van der Waals surface area contributed by atoms with Gasteiger partial charge in [-0.15, -0.1) is 0 Å². The van der Waals surface area contributed by atoms with Crippen LogP contribution in [0.2, 0.25) is 0 Å². The van der Waals surface area contributed by atoms with Crippen molar-refractivity contribution in [3.05, 3.63) is 80.4 Å². The summed E-state index contributed by atoms with van der Waals surface area (Å²) in [6.45, 7) is 0.569. The van der Waals surface area contributed by atoms with E-state index in [4.69, 9.17) is 14.2 Å². The summed E-state index contributed by atoms with van der Waals surface area (Å²) in [6, 6.07) is 10.1. The number of carbonyl (C=O) groups is 1. The number of methoxy groups -OCH3 is 2. The second-order valence-corrected chi connectivity index (χ2v) is 7.95. The summed E-state index contributed by atoms with van der Waals surface area (Å²) in [5.41, 5.74) is -1.55. The highest BCUT2D eigenvalue weighted by Gasteiger charge is 2.23. The topological polar surface area (TPSA) is 114 Å². The van der Waals surface area contributed by atoms with Gasteiger partial charge in [0.2, 0.25) is 5.69 Å². The van der Waals surface area contributed by atoms with Gasteiger partial charge >= 0.3 is 5.69 Å². The van der Waals surface area contributed by atoms with Gasteiger partial charge in [-0.05, 0) is 42.7 Å². The number of aromatic nitrogens is 3. The standard InChI is InChI=1S/C24H25FN4O6/c1-33-19-9-8-17(12-20(19)34-2)29-24(32)28(14-15-5-3-6-16(25)11-15)23(31)21(27-29)22(30)26-13-18-7-4-10-35-18/h3,5-6,8-9,11-12,18H,4,7,10,13-14H2,1-2H3,(H,26,30). The zero-order valence-electron chi connectivity index (χ0n) is 19.3. The summed E-state index contributed by atoms with van der Waals surface area (Å²) in [5, 5.41) is 6.75. The first-order valence-corrected chi connectivity index (χ1v) is 11.0. The smallest absolute Gasteiger partial charge is 0.352 e. The first-order chi connectivity index (χ1) is 16.9. The molecule has 2 aromatic carbocycles. The first-order valence-electron chi connectivity index (χ1n) is 11.0. The van der Waals surface area contributed by atoms with Crippen LogP contribution >= 0.6 is 0 Å². The number of hydrogen-bond acceptors (Lipinski definition) is 7. The predicted molar refractivity (Wildman–Crippen MR) is 124 cm³/mol. The normalized spacial score (nSPS) is 15.1. The van der Waals surface area contributed by atoms with E-state index in [0.29, 0.717) is 23.7 Å². The van der Waals surface area contributed by atoms with E-state index < -0.39 is 28.7 Å². The van der Waals surface area contributed by atoms with Crippen LogP contribution in [0.15, 0.2) is 52.1 Å².